The molecule has 0 heterocycles. The van der Waals surface area contributed by atoms with E-state index >= 15 is 0 Å². The minimum absolute atomic E-state index is 1.10. The lowest BCUT2D eigenvalue weighted by Gasteiger charge is -1.94. The van der Waals surface area contributed by atoms with Crippen LogP contribution in [0.4, 0.5) is 0 Å². The molecule has 1 aromatic carbocycles. The van der Waals surface area contributed by atoms with Gasteiger partial charge < -0.3 is 0 Å². The Morgan fingerprint density at radius 2 is 1.77 bits per heavy atom. The van der Waals surface area contributed by atoms with Crippen LogP contribution in [0.1, 0.15) is 34.1 Å². The molecule has 72 valence electrons. The van der Waals surface area contributed by atoms with Gasteiger partial charge in [-0.05, 0) is 23.8 Å². The molecular formula is C13H20. The van der Waals surface area contributed by atoms with Crippen LogP contribution in [0.5, 0.6) is 0 Å². The minimum Gasteiger partial charge on any atom is -0.0912 e. The highest BCUT2D eigenvalue weighted by atomic mass is 13.9. The molecule has 13 heavy (non-hydrogen) atoms. The molecule has 0 aromatic heterocycles. The molecule has 0 unspecified atom stereocenters. The Morgan fingerprint density at radius 3 is 2.23 bits per heavy atom. The summed E-state index contributed by atoms with van der Waals surface area (Å²) in [6, 6.07) is 8.26. The molecule has 0 nitrogen and oxygen atoms in total. The van der Waals surface area contributed by atoms with E-state index in [2.05, 4.69) is 38.6 Å². The van der Waals surface area contributed by atoms with Crippen molar-refractivity contribution in [1.29, 1.82) is 0 Å². The molecule has 0 saturated carbocycles. The Kier molecular flexibility index (Phi) is 5.96. The summed E-state index contributed by atoms with van der Waals surface area (Å²) in [6.07, 6.45) is 1.10. The van der Waals surface area contributed by atoms with Crippen LogP contribution in [0.25, 0.3) is 12.2 Å². The Balaban J connectivity index is 0.000000671. The minimum atomic E-state index is 1.10. The van der Waals surface area contributed by atoms with E-state index < -0.39 is 0 Å². The summed E-state index contributed by atoms with van der Waals surface area (Å²) in [5, 5.41) is 2.43. The highest BCUT2D eigenvalue weighted by molar-refractivity contribution is 5.41. The topological polar surface area (TPSA) is 0 Å². The van der Waals surface area contributed by atoms with Gasteiger partial charge in [0.2, 0.25) is 0 Å². The molecule has 0 spiro atoms. The molecule has 1 rings (SSSR count). The summed E-state index contributed by atoms with van der Waals surface area (Å²) >= 11 is 0. The van der Waals surface area contributed by atoms with Crippen LogP contribution < -0.4 is 10.4 Å². The SMILES string of the molecule is C=c1cccc/c1=C(\C)CC.CC. The van der Waals surface area contributed by atoms with Crippen LogP contribution in [0, 0.1) is 0 Å². The number of hydrogen-bond acceptors (Lipinski definition) is 0. The summed E-state index contributed by atoms with van der Waals surface area (Å²) < 4.78 is 0. The monoisotopic (exact) mass is 176 g/mol. The maximum atomic E-state index is 3.97. The molecule has 0 atom stereocenters. The largest absolute Gasteiger partial charge is 0.0912 e. The fourth-order valence-corrected chi connectivity index (χ4v) is 1.13. The average Bonchev–Trinajstić information content (AvgIpc) is 2.20. The molecule has 0 fully saturated rings. The molecule has 0 amide bonds. The number of rotatable bonds is 1. The van der Waals surface area contributed by atoms with Gasteiger partial charge in [-0.15, -0.1) is 0 Å². The summed E-state index contributed by atoms with van der Waals surface area (Å²) in [5.41, 5.74) is 1.41. The molecule has 0 saturated heterocycles. The number of hydrogen-bond donors (Lipinski definition) is 0. The third kappa shape index (κ3) is 3.45. The summed E-state index contributed by atoms with van der Waals surface area (Å²) in [5.74, 6) is 0. The molecule has 0 bridgehead atoms. The van der Waals surface area contributed by atoms with Crippen LogP contribution in [0.15, 0.2) is 24.3 Å². The van der Waals surface area contributed by atoms with Crippen molar-refractivity contribution in [3.05, 3.63) is 34.7 Å². The van der Waals surface area contributed by atoms with Crippen LogP contribution in [0.3, 0.4) is 0 Å². The van der Waals surface area contributed by atoms with E-state index in [0.29, 0.717) is 0 Å². The van der Waals surface area contributed by atoms with Crippen LogP contribution in [-0.4, -0.2) is 0 Å². The Labute approximate surface area is 81.6 Å². The fourth-order valence-electron chi connectivity index (χ4n) is 1.13. The van der Waals surface area contributed by atoms with Gasteiger partial charge in [-0.25, -0.2) is 0 Å². The fraction of sp³-hybridized carbons (Fsp3) is 0.385. The van der Waals surface area contributed by atoms with Crippen molar-refractivity contribution in [1.82, 2.24) is 0 Å². The van der Waals surface area contributed by atoms with E-state index in [4.69, 9.17) is 0 Å². The van der Waals surface area contributed by atoms with Crippen molar-refractivity contribution in [2.45, 2.75) is 34.1 Å². The zero-order valence-corrected chi connectivity index (χ0v) is 9.22. The van der Waals surface area contributed by atoms with E-state index in [0.717, 1.165) is 11.6 Å². The van der Waals surface area contributed by atoms with Gasteiger partial charge in [-0.1, -0.05) is 57.2 Å². The van der Waals surface area contributed by atoms with Crippen molar-refractivity contribution in [3.63, 3.8) is 0 Å². The van der Waals surface area contributed by atoms with Gasteiger partial charge in [-0.3, -0.25) is 0 Å². The van der Waals surface area contributed by atoms with Crippen molar-refractivity contribution < 1.29 is 0 Å². The molecule has 0 aliphatic rings. The molecule has 0 aliphatic carbocycles. The molecule has 0 heteroatoms. The van der Waals surface area contributed by atoms with Crippen LogP contribution in [-0.2, 0) is 0 Å². The second-order valence-corrected chi connectivity index (χ2v) is 2.79. The first-order valence-electron chi connectivity index (χ1n) is 4.99. The van der Waals surface area contributed by atoms with E-state index in [1.54, 1.807) is 0 Å². The van der Waals surface area contributed by atoms with Crippen molar-refractivity contribution >= 4 is 12.2 Å². The zero-order chi connectivity index (χ0) is 10.3. The first-order valence-corrected chi connectivity index (χ1v) is 4.99. The summed E-state index contributed by atoms with van der Waals surface area (Å²) in [6.45, 7) is 12.3. The molecular weight excluding hydrogens is 156 g/mol. The normalized spacial score (nSPS) is 11.4. The van der Waals surface area contributed by atoms with E-state index in [9.17, 15) is 0 Å². The smallest absolute Gasteiger partial charge is 0.0201 e. The van der Waals surface area contributed by atoms with Gasteiger partial charge in [0.05, 0.1) is 0 Å². The quantitative estimate of drug-likeness (QED) is 0.617. The molecule has 0 aliphatic heterocycles. The van der Waals surface area contributed by atoms with E-state index in [1.807, 2.05) is 19.9 Å². The van der Waals surface area contributed by atoms with Gasteiger partial charge in [0.1, 0.15) is 0 Å². The summed E-state index contributed by atoms with van der Waals surface area (Å²) in [7, 11) is 0. The molecule has 0 N–H and O–H groups in total. The van der Waals surface area contributed by atoms with Gasteiger partial charge >= 0.3 is 0 Å². The lowest BCUT2D eigenvalue weighted by molar-refractivity contribution is 1.20. The lowest BCUT2D eigenvalue weighted by Crippen LogP contribution is -2.23. The van der Waals surface area contributed by atoms with E-state index in [1.165, 1.54) is 10.8 Å². The predicted molar refractivity (Wildman–Crippen MR) is 61.9 cm³/mol. The Hall–Kier alpha value is -1.04. The third-order valence-corrected chi connectivity index (χ3v) is 2.01. The zero-order valence-electron chi connectivity index (χ0n) is 9.22. The maximum absolute atomic E-state index is 3.97. The first-order chi connectivity index (χ1) is 6.25. The Morgan fingerprint density at radius 1 is 1.23 bits per heavy atom. The van der Waals surface area contributed by atoms with Gasteiger partial charge in [0, 0.05) is 0 Å². The molecule has 0 radical (unpaired) electrons. The van der Waals surface area contributed by atoms with Gasteiger partial charge in [0.15, 0.2) is 0 Å². The Bertz CT molecular complexity index is 333. The van der Waals surface area contributed by atoms with Crippen LogP contribution >= 0.6 is 0 Å². The average molecular weight is 176 g/mol. The lowest BCUT2D eigenvalue weighted by atomic mass is 10.1. The van der Waals surface area contributed by atoms with Crippen molar-refractivity contribution in [3.8, 4) is 0 Å². The van der Waals surface area contributed by atoms with E-state index in [-0.39, 0.29) is 0 Å². The third-order valence-electron chi connectivity index (χ3n) is 2.01. The molecule has 1 aromatic rings. The number of benzene rings is 1. The highest BCUT2D eigenvalue weighted by Gasteiger charge is 1.86. The first kappa shape index (κ1) is 12.0. The predicted octanol–water partition coefficient (Wildman–Crippen LogP) is 2.70. The standard InChI is InChI=1S/C11H14.C2H6/c1-4-9(2)11-8-6-5-7-10(11)3;1-2/h5-8H,3-4H2,1-2H3;1-2H3/b11-9-;. The van der Waals surface area contributed by atoms with Gasteiger partial charge in [0.25, 0.3) is 0 Å². The van der Waals surface area contributed by atoms with Crippen molar-refractivity contribution in [2.75, 3.05) is 0 Å². The second kappa shape index (κ2) is 6.47. The van der Waals surface area contributed by atoms with Crippen molar-refractivity contribution in [2.24, 2.45) is 0 Å². The second-order valence-electron chi connectivity index (χ2n) is 2.79. The van der Waals surface area contributed by atoms with Gasteiger partial charge in [-0.2, -0.15) is 0 Å². The maximum Gasteiger partial charge on any atom is -0.0201 e. The van der Waals surface area contributed by atoms with Crippen LogP contribution in [0.2, 0.25) is 0 Å². The summed E-state index contributed by atoms with van der Waals surface area (Å²) in [4.78, 5) is 0. The highest BCUT2D eigenvalue weighted by Crippen LogP contribution is 1.93.